The van der Waals surface area contributed by atoms with Crippen molar-refractivity contribution in [3.8, 4) is 17.0 Å². The normalized spacial score (nSPS) is 21.0. The molecule has 3 aliphatic rings. The summed E-state index contributed by atoms with van der Waals surface area (Å²) in [4.78, 5) is 24.1. The van der Waals surface area contributed by atoms with Gasteiger partial charge in [0.15, 0.2) is 5.13 Å². The molecule has 2 aliphatic heterocycles. The third-order valence-electron chi connectivity index (χ3n) is 8.16. The molecule has 1 aliphatic carbocycles. The summed E-state index contributed by atoms with van der Waals surface area (Å²) >= 11 is 0.879. The monoisotopic (exact) mass is 515 g/mol. The summed E-state index contributed by atoms with van der Waals surface area (Å²) in [6.45, 7) is 5.39. The standard InChI is InChI=1S/C27H38FN5O2S/c1-31-12-10-21(11-13-31)32-14-16-33(17-15-32)27(34)30-26-29-24(25(28)36-26)22-18-20(8-9-23(22)35-2)19-6-4-3-5-7-19/h8-9,18-19,21H,3-7,10-17H2,1-2H3,(H,29,30,34). The molecule has 0 radical (unpaired) electrons. The van der Waals surface area contributed by atoms with Crippen LogP contribution in [0.25, 0.3) is 11.3 Å². The van der Waals surface area contributed by atoms with Crippen molar-refractivity contribution in [2.45, 2.75) is 56.9 Å². The predicted octanol–water partition coefficient (Wildman–Crippen LogP) is 5.25. The zero-order valence-corrected chi connectivity index (χ0v) is 22.3. The number of piperazine rings is 1. The molecule has 0 bridgehead atoms. The second-order valence-electron chi connectivity index (χ2n) is 10.4. The topological polar surface area (TPSA) is 60.9 Å². The molecule has 1 saturated carbocycles. The number of piperidine rings is 1. The predicted molar refractivity (Wildman–Crippen MR) is 143 cm³/mol. The summed E-state index contributed by atoms with van der Waals surface area (Å²) < 4.78 is 20.6. The van der Waals surface area contributed by atoms with Crippen LogP contribution in [-0.2, 0) is 0 Å². The number of methoxy groups -OCH3 is 1. The van der Waals surface area contributed by atoms with Gasteiger partial charge in [0.05, 0.1) is 7.11 Å². The Morgan fingerprint density at radius 1 is 1.06 bits per heavy atom. The van der Waals surface area contributed by atoms with Gasteiger partial charge in [-0.3, -0.25) is 10.2 Å². The van der Waals surface area contributed by atoms with Gasteiger partial charge in [-0.15, -0.1) is 0 Å². The van der Waals surface area contributed by atoms with Crippen molar-refractivity contribution in [1.29, 1.82) is 0 Å². The number of aromatic nitrogens is 1. The third-order valence-corrected chi connectivity index (χ3v) is 8.92. The number of nitrogens with zero attached hydrogens (tertiary/aromatic N) is 4. The SMILES string of the molecule is COc1ccc(C2CCCCC2)cc1-c1nc(NC(=O)N2CCN(C3CCN(C)CC3)CC2)sc1F. The highest BCUT2D eigenvalue weighted by atomic mass is 32.1. The number of ether oxygens (including phenoxy) is 1. The molecule has 9 heteroatoms. The Balaban J connectivity index is 1.23. The molecule has 0 atom stereocenters. The Kier molecular flexibility index (Phi) is 8.08. The lowest BCUT2D eigenvalue weighted by atomic mass is 9.83. The fraction of sp³-hybridized carbons (Fsp3) is 0.630. The summed E-state index contributed by atoms with van der Waals surface area (Å²) in [5.74, 6) is 1.10. The minimum atomic E-state index is -0.406. The molecule has 3 heterocycles. The summed E-state index contributed by atoms with van der Waals surface area (Å²) in [5, 5.41) is 2.73. The van der Waals surface area contributed by atoms with E-state index < -0.39 is 5.13 Å². The summed E-state index contributed by atoms with van der Waals surface area (Å²) in [7, 11) is 3.77. The summed E-state index contributed by atoms with van der Waals surface area (Å²) in [5.41, 5.74) is 2.12. The van der Waals surface area contributed by atoms with Crippen molar-refractivity contribution in [2.75, 3.05) is 58.7 Å². The third kappa shape index (κ3) is 5.68. The van der Waals surface area contributed by atoms with Gasteiger partial charge in [-0.05, 0) is 69.4 Å². The largest absolute Gasteiger partial charge is 0.496 e. The fourth-order valence-corrected chi connectivity index (χ4v) is 6.64. The number of carbonyl (C=O) groups excluding carboxylic acids is 1. The summed E-state index contributed by atoms with van der Waals surface area (Å²) in [6, 6.07) is 6.44. The number of thiazole rings is 1. The molecule has 1 N–H and O–H groups in total. The first kappa shape index (κ1) is 25.4. The van der Waals surface area contributed by atoms with Gasteiger partial charge in [0, 0.05) is 37.8 Å². The molecule has 1 aromatic carbocycles. The molecule has 0 unspecified atom stereocenters. The number of benzene rings is 1. The van der Waals surface area contributed by atoms with E-state index in [1.165, 1.54) is 37.7 Å². The molecule has 36 heavy (non-hydrogen) atoms. The maximum atomic E-state index is 15.1. The Morgan fingerprint density at radius 2 is 1.78 bits per heavy atom. The number of likely N-dealkylation sites (tertiary alicyclic amines) is 1. The van der Waals surface area contributed by atoms with E-state index in [0.29, 0.717) is 36.4 Å². The Bertz CT molecular complexity index is 1040. The lowest BCUT2D eigenvalue weighted by Gasteiger charge is -2.42. The lowest BCUT2D eigenvalue weighted by Crippen LogP contribution is -2.54. The van der Waals surface area contributed by atoms with Crippen LogP contribution in [-0.4, -0.2) is 85.2 Å². The van der Waals surface area contributed by atoms with E-state index >= 15 is 4.39 Å². The van der Waals surface area contributed by atoms with E-state index in [-0.39, 0.29) is 16.9 Å². The first-order valence-electron chi connectivity index (χ1n) is 13.3. The molecule has 5 rings (SSSR count). The molecule has 2 saturated heterocycles. The summed E-state index contributed by atoms with van der Waals surface area (Å²) in [6.07, 6.45) is 8.47. The van der Waals surface area contributed by atoms with Crippen LogP contribution >= 0.6 is 11.3 Å². The zero-order chi connectivity index (χ0) is 25.1. The zero-order valence-electron chi connectivity index (χ0n) is 21.5. The molecule has 2 aromatic rings. The smallest absolute Gasteiger partial charge is 0.323 e. The second kappa shape index (κ2) is 11.4. The number of hydrogen-bond donors (Lipinski definition) is 1. The van der Waals surface area contributed by atoms with Gasteiger partial charge < -0.3 is 14.5 Å². The number of halogens is 1. The van der Waals surface area contributed by atoms with Crippen molar-refractivity contribution in [1.82, 2.24) is 19.7 Å². The van der Waals surface area contributed by atoms with Gasteiger partial charge in [0.25, 0.3) is 0 Å². The van der Waals surface area contributed by atoms with Crippen molar-refractivity contribution < 1.29 is 13.9 Å². The molecule has 196 valence electrons. The van der Waals surface area contributed by atoms with E-state index in [1.807, 2.05) is 17.0 Å². The van der Waals surface area contributed by atoms with Crippen molar-refractivity contribution in [2.24, 2.45) is 0 Å². The molecular formula is C27H38FN5O2S. The Hall–Kier alpha value is -2.23. The minimum Gasteiger partial charge on any atom is -0.496 e. The van der Waals surface area contributed by atoms with Crippen LogP contribution in [0.1, 0.15) is 56.4 Å². The van der Waals surface area contributed by atoms with E-state index in [0.717, 1.165) is 50.4 Å². The number of nitrogens with one attached hydrogen (secondary N) is 1. The van der Waals surface area contributed by atoms with Crippen molar-refractivity contribution in [3.05, 3.63) is 28.9 Å². The second-order valence-corrected chi connectivity index (χ2v) is 11.4. The number of carbonyl (C=O) groups is 1. The van der Waals surface area contributed by atoms with Gasteiger partial charge in [-0.2, -0.15) is 4.39 Å². The number of anilines is 1. The molecule has 7 nitrogen and oxygen atoms in total. The molecule has 3 fully saturated rings. The van der Waals surface area contributed by atoms with E-state index in [2.05, 4.69) is 33.2 Å². The van der Waals surface area contributed by atoms with Gasteiger partial charge in [-0.25, -0.2) is 9.78 Å². The molecule has 1 aromatic heterocycles. The van der Waals surface area contributed by atoms with Gasteiger partial charge in [-0.1, -0.05) is 36.7 Å². The van der Waals surface area contributed by atoms with Crippen LogP contribution in [0.5, 0.6) is 5.75 Å². The van der Waals surface area contributed by atoms with Crippen molar-refractivity contribution >= 4 is 22.5 Å². The van der Waals surface area contributed by atoms with E-state index in [9.17, 15) is 4.79 Å². The average molecular weight is 516 g/mol. The Labute approximate surface area is 217 Å². The van der Waals surface area contributed by atoms with Crippen LogP contribution in [0, 0.1) is 5.13 Å². The van der Waals surface area contributed by atoms with Crippen LogP contribution in [0.15, 0.2) is 18.2 Å². The highest BCUT2D eigenvalue weighted by molar-refractivity contribution is 7.14. The maximum absolute atomic E-state index is 15.1. The van der Waals surface area contributed by atoms with Crippen LogP contribution < -0.4 is 10.1 Å². The average Bonchev–Trinajstić information content (AvgIpc) is 3.28. The number of rotatable bonds is 5. The number of hydrogen-bond acceptors (Lipinski definition) is 6. The number of amides is 2. The fourth-order valence-electron chi connectivity index (χ4n) is 5.94. The quantitative estimate of drug-likeness (QED) is 0.590. The Morgan fingerprint density at radius 3 is 2.47 bits per heavy atom. The van der Waals surface area contributed by atoms with Crippen molar-refractivity contribution in [3.63, 3.8) is 0 Å². The first-order chi connectivity index (χ1) is 17.5. The molecular weight excluding hydrogens is 477 g/mol. The molecule has 2 amide bonds. The number of urea groups is 1. The van der Waals surface area contributed by atoms with Gasteiger partial charge >= 0.3 is 6.03 Å². The van der Waals surface area contributed by atoms with Gasteiger partial charge in [0.1, 0.15) is 11.4 Å². The van der Waals surface area contributed by atoms with Crippen LogP contribution in [0.2, 0.25) is 0 Å². The van der Waals surface area contributed by atoms with E-state index in [1.54, 1.807) is 7.11 Å². The van der Waals surface area contributed by atoms with Gasteiger partial charge in [0.2, 0.25) is 5.13 Å². The lowest BCUT2D eigenvalue weighted by molar-refractivity contribution is 0.0775. The van der Waals surface area contributed by atoms with E-state index in [4.69, 9.17) is 4.74 Å². The minimum absolute atomic E-state index is 0.207. The highest BCUT2D eigenvalue weighted by Gasteiger charge is 2.29. The maximum Gasteiger partial charge on any atom is 0.323 e. The van der Waals surface area contributed by atoms with Crippen LogP contribution in [0.3, 0.4) is 0 Å². The molecule has 0 spiro atoms. The highest BCUT2D eigenvalue weighted by Crippen LogP contribution is 2.40. The first-order valence-corrected chi connectivity index (χ1v) is 14.2. The van der Waals surface area contributed by atoms with Crippen LogP contribution in [0.4, 0.5) is 14.3 Å².